The predicted molar refractivity (Wildman–Crippen MR) is 89.9 cm³/mol. The third-order valence-corrected chi connectivity index (χ3v) is 3.57. The molecule has 1 heterocycles. The molecule has 6 nitrogen and oxygen atoms in total. The Hall–Kier alpha value is -3.40. The third-order valence-electron chi connectivity index (χ3n) is 3.57. The highest BCUT2D eigenvalue weighted by atomic mass is 19.1. The van der Waals surface area contributed by atoms with E-state index in [2.05, 4.69) is 22.3 Å². The summed E-state index contributed by atoms with van der Waals surface area (Å²) in [6, 6.07) is 11.4. The number of nitrogens with zero attached hydrogens (tertiary/aromatic N) is 4. The van der Waals surface area contributed by atoms with Gasteiger partial charge in [0.2, 0.25) is 0 Å². The van der Waals surface area contributed by atoms with Crippen molar-refractivity contribution in [3.63, 3.8) is 0 Å². The lowest BCUT2D eigenvalue weighted by atomic mass is 10.1. The Kier molecular flexibility index (Phi) is 4.61. The molecule has 3 aromatic rings. The summed E-state index contributed by atoms with van der Waals surface area (Å²) in [4.78, 5) is 12.2. The van der Waals surface area contributed by atoms with E-state index in [0.29, 0.717) is 16.8 Å². The van der Waals surface area contributed by atoms with Gasteiger partial charge in [0.25, 0.3) is 0 Å². The zero-order valence-electron chi connectivity index (χ0n) is 13.7. The number of hydrogen-bond donors (Lipinski definition) is 0. The Bertz CT molecular complexity index is 1030. The number of para-hydroxylation sites is 1. The van der Waals surface area contributed by atoms with Gasteiger partial charge < -0.3 is 4.74 Å². The van der Waals surface area contributed by atoms with Crippen LogP contribution in [0.25, 0.3) is 5.69 Å². The fourth-order valence-corrected chi connectivity index (χ4v) is 2.35. The number of tetrazole rings is 1. The SMILES string of the molecule is CC#Cc1cccc(-n2nnn(C)c2=O)c1COc1ccccc1F. The molecular weight excluding hydrogens is 323 g/mol. The zero-order valence-corrected chi connectivity index (χ0v) is 13.7. The number of aryl methyl sites for hydroxylation is 1. The highest BCUT2D eigenvalue weighted by molar-refractivity contribution is 5.52. The molecule has 0 aliphatic heterocycles. The second-order valence-electron chi connectivity index (χ2n) is 5.19. The normalized spacial score (nSPS) is 10.2. The summed E-state index contributed by atoms with van der Waals surface area (Å²) in [6.45, 7) is 1.74. The highest BCUT2D eigenvalue weighted by Gasteiger charge is 2.15. The van der Waals surface area contributed by atoms with E-state index in [1.54, 1.807) is 37.3 Å². The van der Waals surface area contributed by atoms with Gasteiger partial charge in [-0.3, -0.25) is 0 Å². The fraction of sp³-hybridized carbons (Fsp3) is 0.167. The fourth-order valence-electron chi connectivity index (χ4n) is 2.35. The average molecular weight is 338 g/mol. The van der Waals surface area contributed by atoms with Gasteiger partial charge in [-0.25, -0.2) is 9.18 Å². The van der Waals surface area contributed by atoms with Gasteiger partial charge in [0.15, 0.2) is 11.6 Å². The molecule has 0 atom stereocenters. The summed E-state index contributed by atoms with van der Waals surface area (Å²) in [7, 11) is 1.51. The zero-order chi connectivity index (χ0) is 17.8. The van der Waals surface area contributed by atoms with Gasteiger partial charge in [-0.1, -0.05) is 24.1 Å². The van der Waals surface area contributed by atoms with Crippen LogP contribution in [0.1, 0.15) is 18.1 Å². The van der Waals surface area contributed by atoms with Crippen molar-refractivity contribution in [3.8, 4) is 23.3 Å². The largest absolute Gasteiger partial charge is 0.486 e. The van der Waals surface area contributed by atoms with E-state index in [1.165, 1.54) is 23.9 Å². The minimum atomic E-state index is -0.459. The van der Waals surface area contributed by atoms with Gasteiger partial charge in [0, 0.05) is 18.2 Å². The molecule has 0 radical (unpaired) electrons. The Balaban J connectivity index is 2.06. The number of ether oxygens (including phenoxy) is 1. The number of rotatable bonds is 4. The first kappa shape index (κ1) is 16.5. The molecule has 0 N–H and O–H groups in total. The lowest BCUT2D eigenvalue weighted by Gasteiger charge is -2.12. The van der Waals surface area contributed by atoms with Crippen molar-refractivity contribution >= 4 is 0 Å². The van der Waals surface area contributed by atoms with E-state index in [0.717, 1.165) is 4.68 Å². The maximum absolute atomic E-state index is 13.8. The van der Waals surface area contributed by atoms with Gasteiger partial charge in [0.05, 0.1) is 5.69 Å². The predicted octanol–water partition coefficient (Wildman–Crippen LogP) is 2.06. The summed E-state index contributed by atoms with van der Waals surface area (Å²) < 4.78 is 21.7. The molecule has 0 saturated carbocycles. The first-order valence-electron chi connectivity index (χ1n) is 7.53. The first-order valence-corrected chi connectivity index (χ1v) is 7.53. The summed E-state index contributed by atoms with van der Waals surface area (Å²) >= 11 is 0. The molecule has 3 rings (SSSR count). The monoisotopic (exact) mass is 338 g/mol. The van der Waals surface area contributed by atoms with Crippen molar-refractivity contribution in [2.24, 2.45) is 7.05 Å². The van der Waals surface area contributed by atoms with Crippen LogP contribution in [0, 0.1) is 17.7 Å². The standard InChI is InChI=1S/C18H15FN4O2/c1-3-7-13-8-6-10-16(23-18(24)22(2)20-21-23)14(13)12-25-17-11-5-4-9-15(17)19/h4-6,8-11H,12H2,1-2H3. The summed E-state index contributed by atoms with van der Waals surface area (Å²) in [5.41, 5.74) is 1.40. The third kappa shape index (κ3) is 3.28. The minimum Gasteiger partial charge on any atom is -0.486 e. The van der Waals surface area contributed by atoms with Crippen molar-refractivity contribution in [3.05, 3.63) is 69.9 Å². The summed E-state index contributed by atoms with van der Waals surface area (Å²) in [6.07, 6.45) is 0. The van der Waals surface area contributed by atoms with Crippen molar-refractivity contribution in [2.75, 3.05) is 0 Å². The van der Waals surface area contributed by atoms with Crippen LogP contribution in [0.3, 0.4) is 0 Å². The van der Waals surface area contributed by atoms with Gasteiger partial charge in [0.1, 0.15) is 6.61 Å². The van der Waals surface area contributed by atoms with Gasteiger partial charge in [-0.2, -0.15) is 9.36 Å². The molecule has 7 heteroatoms. The average Bonchev–Trinajstić information content (AvgIpc) is 2.94. The topological polar surface area (TPSA) is 61.9 Å². The van der Waals surface area contributed by atoms with Crippen molar-refractivity contribution < 1.29 is 9.13 Å². The van der Waals surface area contributed by atoms with Crippen LogP contribution >= 0.6 is 0 Å². The van der Waals surface area contributed by atoms with Crippen LogP contribution in [-0.2, 0) is 13.7 Å². The highest BCUT2D eigenvalue weighted by Crippen LogP contribution is 2.22. The van der Waals surface area contributed by atoms with E-state index in [4.69, 9.17) is 4.74 Å². The van der Waals surface area contributed by atoms with Crippen LogP contribution in [0.2, 0.25) is 0 Å². The molecular formula is C18H15FN4O2. The van der Waals surface area contributed by atoms with Crippen LogP contribution in [0.5, 0.6) is 5.75 Å². The second-order valence-corrected chi connectivity index (χ2v) is 5.19. The molecule has 2 aromatic carbocycles. The van der Waals surface area contributed by atoms with Gasteiger partial charge in [-0.05, 0) is 41.6 Å². The van der Waals surface area contributed by atoms with Gasteiger partial charge in [-0.15, -0.1) is 5.92 Å². The van der Waals surface area contributed by atoms with Crippen LogP contribution in [0.4, 0.5) is 4.39 Å². The molecule has 0 unspecified atom stereocenters. The molecule has 0 saturated heterocycles. The Morgan fingerprint density at radius 1 is 1.16 bits per heavy atom. The number of benzene rings is 2. The van der Waals surface area contributed by atoms with Crippen LogP contribution < -0.4 is 10.4 Å². The molecule has 1 aromatic heterocycles. The molecule has 0 aliphatic carbocycles. The van der Waals surface area contributed by atoms with Crippen LogP contribution in [-0.4, -0.2) is 19.8 Å². The van der Waals surface area contributed by atoms with E-state index >= 15 is 0 Å². The maximum atomic E-state index is 13.8. The van der Waals surface area contributed by atoms with Gasteiger partial charge >= 0.3 is 5.69 Å². The number of halogens is 1. The minimum absolute atomic E-state index is 0.0319. The van der Waals surface area contributed by atoms with E-state index < -0.39 is 11.5 Å². The van der Waals surface area contributed by atoms with E-state index in [9.17, 15) is 9.18 Å². The van der Waals surface area contributed by atoms with Crippen molar-refractivity contribution in [2.45, 2.75) is 13.5 Å². The van der Waals surface area contributed by atoms with Crippen molar-refractivity contribution in [1.29, 1.82) is 0 Å². The lowest BCUT2D eigenvalue weighted by molar-refractivity contribution is 0.289. The molecule has 126 valence electrons. The quantitative estimate of drug-likeness (QED) is 0.683. The second kappa shape index (κ2) is 7.01. The Morgan fingerprint density at radius 2 is 1.96 bits per heavy atom. The molecule has 25 heavy (non-hydrogen) atoms. The number of aromatic nitrogens is 4. The first-order chi connectivity index (χ1) is 12.1. The van der Waals surface area contributed by atoms with E-state index in [-0.39, 0.29) is 12.4 Å². The summed E-state index contributed by atoms with van der Waals surface area (Å²) in [5.74, 6) is 5.46. The Labute approximate surface area is 143 Å². The van der Waals surface area contributed by atoms with Crippen LogP contribution in [0.15, 0.2) is 47.3 Å². The molecule has 0 aliphatic rings. The molecule has 0 amide bonds. The molecule has 0 fully saturated rings. The maximum Gasteiger partial charge on any atom is 0.368 e. The van der Waals surface area contributed by atoms with Crippen molar-refractivity contribution in [1.82, 2.24) is 19.8 Å². The molecule has 0 bridgehead atoms. The lowest BCUT2D eigenvalue weighted by Crippen LogP contribution is -2.23. The number of hydrogen-bond acceptors (Lipinski definition) is 4. The summed E-state index contributed by atoms with van der Waals surface area (Å²) in [5, 5.41) is 7.58. The van der Waals surface area contributed by atoms with E-state index in [1.807, 2.05) is 0 Å². The smallest absolute Gasteiger partial charge is 0.368 e. The molecule has 0 spiro atoms. The Morgan fingerprint density at radius 3 is 2.64 bits per heavy atom.